The molecule has 21 heavy (non-hydrogen) atoms. The van der Waals surface area contributed by atoms with Gasteiger partial charge in [-0.1, -0.05) is 12.1 Å². The predicted molar refractivity (Wildman–Crippen MR) is 68.4 cm³/mol. The Hall–Kier alpha value is -2.50. The Morgan fingerprint density at radius 2 is 1.62 bits per heavy atom. The number of halogens is 3. The summed E-state index contributed by atoms with van der Waals surface area (Å²) in [6.45, 7) is 0.0596. The van der Waals surface area contributed by atoms with Crippen molar-refractivity contribution in [2.45, 2.75) is 6.18 Å². The predicted octanol–water partition coefficient (Wildman–Crippen LogP) is 3.91. The highest BCUT2D eigenvalue weighted by molar-refractivity contribution is 5.89. The van der Waals surface area contributed by atoms with Gasteiger partial charge in [-0.25, -0.2) is 0 Å². The third-order valence-corrected chi connectivity index (χ3v) is 3.19. The van der Waals surface area contributed by atoms with Gasteiger partial charge in [0.2, 0.25) is 6.79 Å². The van der Waals surface area contributed by atoms with Gasteiger partial charge in [0.1, 0.15) is 0 Å². The molecule has 0 aliphatic carbocycles. The molecule has 0 unspecified atom stereocenters. The van der Waals surface area contributed by atoms with Gasteiger partial charge in [0.25, 0.3) is 0 Å². The van der Waals surface area contributed by atoms with Crippen LogP contribution in [0.25, 0.3) is 11.1 Å². The zero-order valence-corrected chi connectivity index (χ0v) is 10.6. The molecule has 1 aliphatic heterocycles. The highest BCUT2D eigenvalue weighted by Gasteiger charge is 2.30. The van der Waals surface area contributed by atoms with Crippen molar-refractivity contribution in [2.24, 2.45) is 0 Å². The van der Waals surface area contributed by atoms with E-state index in [4.69, 9.17) is 9.47 Å². The van der Waals surface area contributed by atoms with Gasteiger partial charge < -0.3 is 9.47 Å². The van der Waals surface area contributed by atoms with E-state index in [2.05, 4.69) is 0 Å². The van der Waals surface area contributed by atoms with Crippen molar-refractivity contribution in [3.05, 3.63) is 47.5 Å². The average Bonchev–Trinajstić information content (AvgIpc) is 2.92. The second-order valence-corrected chi connectivity index (χ2v) is 4.49. The standard InChI is InChI=1S/C15H9F3O3/c16-15(17,18)11-3-1-9(2-4-11)12-6-14-13(20-8-21-14)5-10(12)7-19/h1-7H,8H2. The number of rotatable bonds is 2. The second kappa shape index (κ2) is 4.80. The molecular formula is C15H9F3O3. The molecule has 108 valence electrons. The molecule has 0 amide bonds. The molecule has 0 radical (unpaired) electrons. The number of hydrogen-bond donors (Lipinski definition) is 0. The Balaban J connectivity index is 2.06. The number of aldehydes is 1. The molecule has 2 aromatic rings. The van der Waals surface area contributed by atoms with E-state index in [0.717, 1.165) is 12.1 Å². The summed E-state index contributed by atoms with van der Waals surface area (Å²) in [6.07, 6.45) is -3.75. The lowest BCUT2D eigenvalue weighted by atomic mass is 9.98. The lowest BCUT2D eigenvalue weighted by Gasteiger charge is -2.10. The van der Waals surface area contributed by atoms with Crippen LogP contribution in [0.4, 0.5) is 13.2 Å². The number of ether oxygens (including phenoxy) is 2. The van der Waals surface area contributed by atoms with Crippen LogP contribution in [0, 0.1) is 0 Å². The second-order valence-electron chi connectivity index (χ2n) is 4.49. The Labute approximate surface area is 117 Å². The first-order valence-corrected chi connectivity index (χ1v) is 6.05. The number of carbonyl (C=O) groups excluding carboxylic acids is 1. The maximum atomic E-state index is 12.6. The van der Waals surface area contributed by atoms with Crippen molar-refractivity contribution in [1.82, 2.24) is 0 Å². The van der Waals surface area contributed by atoms with Crippen molar-refractivity contribution in [2.75, 3.05) is 6.79 Å². The molecule has 0 saturated carbocycles. The quantitative estimate of drug-likeness (QED) is 0.788. The molecule has 1 aliphatic rings. The highest BCUT2D eigenvalue weighted by atomic mass is 19.4. The zero-order valence-electron chi connectivity index (χ0n) is 10.6. The summed E-state index contributed by atoms with van der Waals surface area (Å²) in [6, 6.07) is 7.72. The first-order chi connectivity index (χ1) is 9.99. The molecule has 0 saturated heterocycles. The third kappa shape index (κ3) is 2.44. The number of benzene rings is 2. The monoisotopic (exact) mass is 294 g/mol. The van der Waals surface area contributed by atoms with Gasteiger partial charge in [-0.05, 0) is 35.4 Å². The van der Waals surface area contributed by atoms with Gasteiger partial charge in [0, 0.05) is 5.56 Å². The van der Waals surface area contributed by atoms with Crippen molar-refractivity contribution in [3.63, 3.8) is 0 Å². The van der Waals surface area contributed by atoms with E-state index in [-0.39, 0.29) is 6.79 Å². The van der Waals surface area contributed by atoms with Gasteiger partial charge in [-0.2, -0.15) is 13.2 Å². The summed E-state index contributed by atoms with van der Waals surface area (Å²) in [4.78, 5) is 11.2. The largest absolute Gasteiger partial charge is 0.454 e. The SMILES string of the molecule is O=Cc1cc2c(cc1-c1ccc(C(F)(F)F)cc1)OCO2. The Bertz CT molecular complexity index is 691. The van der Waals surface area contributed by atoms with Gasteiger partial charge in [0.05, 0.1) is 5.56 Å². The zero-order chi connectivity index (χ0) is 15.0. The minimum Gasteiger partial charge on any atom is -0.454 e. The number of alkyl halides is 3. The Morgan fingerprint density at radius 1 is 1.00 bits per heavy atom. The number of carbonyl (C=O) groups is 1. The number of hydrogen-bond acceptors (Lipinski definition) is 3. The lowest BCUT2D eigenvalue weighted by Crippen LogP contribution is -2.04. The fourth-order valence-corrected chi connectivity index (χ4v) is 2.14. The topological polar surface area (TPSA) is 35.5 Å². The summed E-state index contributed by atoms with van der Waals surface area (Å²) < 4.78 is 48.0. The molecule has 6 heteroatoms. The van der Waals surface area contributed by atoms with E-state index in [1.165, 1.54) is 18.2 Å². The molecule has 0 atom stereocenters. The van der Waals surface area contributed by atoms with E-state index < -0.39 is 11.7 Å². The fraction of sp³-hybridized carbons (Fsp3) is 0.133. The van der Waals surface area contributed by atoms with Crippen LogP contribution in [0.5, 0.6) is 11.5 Å². The van der Waals surface area contributed by atoms with Gasteiger partial charge in [0.15, 0.2) is 17.8 Å². The van der Waals surface area contributed by atoms with Gasteiger partial charge in [-0.3, -0.25) is 4.79 Å². The molecule has 0 spiro atoms. The summed E-state index contributed by atoms with van der Waals surface area (Å²) in [5.74, 6) is 0.920. The lowest BCUT2D eigenvalue weighted by molar-refractivity contribution is -0.137. The van der Waals surface area contributed by atoms with Crippen molar-refractivity contribution in [1.29, 1.82) is 0 Å². The smallest absolute Gasteiger partial charge is 0.416 e. The first-order valence-electron chi connectivity index (χ1n) is 6.05. The Kier molecular flexibility index (Phi) is 3.08. The molecule has 0 N–H and O–H groups in total. The molecule has 0 fully saturated rings. The minimum atomic E-state index is -4.39. The summed E-state index contributed by atoms with van der Waals surface area (Å²) in [5.41, 5.74) is 0.602. The minimum absolute atomic E-state index is 0.0596. The van der Waals surface area contributed by atoms with Crippen LogP contribution in [0.1, 0.15) is 15.9 Å². The Morgan fingerprint density at radius 3 is 2.19 bits per heavy atom. The van der Waals surface area contributed by atoms with E-state index >= 15 is 0 Å². The fourth-order valence-electron chi connectivity index (χ4n) is 2.14. The van der Waals surface area contributed by atoms with E-state index in [0.29, 0.717) is 34.5 Å². The molecule has 3 nitrogen and oxygen atoms in total. The van der Waals surface area contributed by atoms with Crippen LogP contribution < -0.4 is 9.47 Å². The maximum Gasteiger partial charge on any atom is 0.416 e. The molecular weight excluding hydrogens is 285 g/mol. The summed E-state index contributed by atoms with van der Waals surface area (Å²) >= 11 is 0. The number of fused-ring (bicyclic) bond motifs is 1. The average molecular weight is 294 g/mol. The normalized spacial score (nSPS) is 13.3. The summed E-state index contributed by atoms with van der Waals surface area (Å²) in [7, 11) is 0. The van der Waals surface area contributed by atoms with Crippen LogP contribution in [-0.2, 0) is 6.18 Å². The molecule has 0 bridgehead atoms. The van der Waals surface area contributed by atoms with Crippen LogP contribution >= 0.6 is 0 Å². The van der Waals surface area contributed by atoms with Gasteiger partial charge in [-0.15, -0.1) is 0 Å². The highest BCUT2D eigenvalue weighted by Crippen LogP contribution is 2.39. The van der Waals surface area contributed by atoms with E-state index in [1.54, 1.807) is 6.07 Å². The molecule has 1 heterocycles. The first kappa shape index (κ1) is 13.5. The van der Waals surface area contributed by atoms with Crippen LogP contribution in [0.15, 0.2) is 36.4 Å². The van der Waals surface area contributed by atoms with E-state index in [9.17, 15) is 18.0 Å². The third-order valence-electron chi connectivity index (χ3n) is 3.19. The van der Waals surface area contributed by atoms with Crippen LogP contribution in [0.2, 0.25) is 0 Å². The maximum absolute atomic E-state index is 12.6. The van der Waals surface area contributed by atoms with Crippen molar-refractivity contribution >= 4 is 6.29 Å². The van der Waals surface area contributed by atoms with Crippen LogP contribution in [-0.4, -0.2) is 13.1 Å². The molecule has 0 aromatic heterocycles. The molecule has 3 rings (SSSR count). The van der Waals surface area contributed by atoms with Crippen LogP contribution in [0.3, 0.4) is 0 Å². The van der Waals surface area contributed by atoms with Crippen molar-refractivity contribution in [3.8, 4) is 22.6 Å². The summed E-state index contributed by atoms with van der Waals surface area (Å²) in [5, 5.41) is 0. The molecule has 2 aromatic carbocycles. The van der Waals surface area contributed by atoms with Gasteiger partial charge >= 0.3 is 6.18 Å². The van der Waals surface area contributed by atoms with Crippen molar-refractivity contribution < 1.29 is 27.4 Å². The van der Waals surface area contributed by atoms with E-state index in [1.807, 2.05) is 0 Å².